The number of carbonyl (C=O) groups excluding carboxylic acids is 2. The summed E-state index contributed by atoms with van der Waals surface area (Å²) in [6.45, 7) is -0.119. The van der Waals surface area contributed by atoms with E-state index in [0.29, 0.717) is 10.7 Å². The Morgan fingerprint density at radius 1 is 1.06 bits per heavy atom. The van der Waals surface area contributed by atoms with Gasteiger partial charge in [0.1, 0.15) is 6.54 Å². The van der Waals surface area contributed by atoms with E-state index in [2.05, 4.69) is 5.32 Å². The third-order valence-electron chi connectivity index (χ3n) is 2.32. The number of amides is 2. The van der Waals surface area contributed by atoms with Crippen LogP contribution in [0, 0.1) is 0 Å². The van der Waals surface area contributed by atoms with Crippen LogP contribution < -0.4 is 10.2 Å². The highest BCUT2D eigenvalue weighted by Gasteiger charge is 2.26. The van der Waals surface area contributed by atoms with E-state index >= 15 is 0 Å². The molecule has 1 saturated heterocycles. The summed E-state index contributed by atoms with van der Waals surface area (Å²) in [6, 6.07) is 2.92. The molecule has 17 heavy (non-hydrogen) atoms. The van der Waals surface area contributed by atoms with Crippen LogP contribution in [0.3, 0.4) is 0 Å². The molecule has 0 saturated carbocycles. The molecule has 0 aromatic heterocycles. The van der Waals surface area contributed by atoms with Crippen LogP contribution in [-0.2, 0) is 9.59 Å². The van der Waals surface area contributed by atoms with Crippen LogP contribution in [0.1, 0.15) is 0 Å². The van der Waals surface area contributed by atoms with Crippen LogP contribution in [0.5, 0.6) is 0 Å². The van der Waals surface area contributed by atoms with E-state index in [1.807, 2.05) is 0 Å². The Bertz CT molecular complexity index is 505. The normalized spacial score (nSPS) is 16.1. The molecule has 0 radical (unpaired) electrons. The fourth-order valence-electron chi connectivity index (χ4n) is 1.50. The Morgan fingerprint density at radius 3 is 2.41 bits per heavy atom. The van der Waals surface area contributed by atoms with Crippen molar-refractivity contribution in [3.63, 3.8) is 0 Å². The quantitative estimate of drug-likeness (QED) is 0.806. The fourth-order valence-corrected chi connectivity index (χ4v) is 2.14. The predicted molar refractivity (Wildman–Crippen MR) is 66.8 cm³/mol. The Hall–Kier alpha value is -0.970. The molecular weight excluding hydrogens is 286 g/mol. The average Bonchev–Trinajstić information content (AvgIpc) is 2.27. The smallest absolute Gasteiger partial charge is 0.246 e. The third kappa shape index (κ3) is 2.49. The first-order chi connectivity index (χ1) is 7.99. The summed E-state index contributed by atoms with van der Waals surface area (Å²) in [7, 11) is 0. The van der Waals surface area contributed by atoms with Crippen LogP contribution in [-0.4, -0.2) is 24.9 Å². The zero-order valence-corrected chi connectivity index (χ0v) is 10.7. The maximum atomic E-state index is 11.7. The number of carbonyl (C=O) groups is 2. The molecule has 1 aliphatic heterocycles. The first-order valence-electron chi connectivity index (χ1n) is 4.70. The van der Waals surface area contributed by atoms with Gasteiger partial charge in [0.15, 0.2) is 0 Å². The standard InChI is InChI=1S/C10H7Cl3N2O2/c11-5-1-7(13)8(2-6(5)12)15-4-9(16)14-3-10(15)17/h1-2H,3-4H2,(H,14,16). The van der Waals surface area contributed by atoms with Gasteiger partial charge < -0.3 is 5.32 Å². The molecule has 0 spiro atoms. The molecule has 7 heteroatoms. The summed E-state index contributed by atoms with van der Waals surface area (Å²) in [5.41, 5.74) is 0.390. The Balaban J connectivity index is 2.42. The van der Waals surface area contributed by atoms with Gasteiger partial charge in [-0.2, -0.15) is 0 Å². The van der Waals surface area contributed by atoms with Crippen LogP contribution in [0.4, 0.5) is 5.69 Å². The van der Waals surface area contributed by atoms with Crippen molar-refractivity contribution in [2.75, 3.05) is 18.0 Å². The van der Waals surface area contributed by atoms with E-state index in [1.165, 1.54) is 17.0 Å². The molecule has 2 rings (SSSR count). The highest BCUT2D eigenvalue weighted by atomic mass is 35.5. The number of nitrogens with one attached hydrogen (secondary N) is 1. The lowest BCUT2D eigenvalue weighted by Gasteiger charge is -2.27. The molecule has 1 N–H and O–H groups in total. The number of hydrogen-bond acceptors (Lipinski definition) is 2. The van der Waals surface area contributed by atoms with Crippen molar-refractivity contribution >= 4 is 52.3 Å². The third-order valence-corrected chi connectivity index (χ3v) is 3.34. The van der Waals surface area contributed by atoms with Crippen molar-refractivity contribution in [1.82, 2.24) is 5.32 Å². The second-order valence-electron chi connectivity index (χ2n) is 3.47. The number of hydrogen-bond donors (Lipinski definition) is 1. The van der Waals surface area contributed by atoms with Gasteiger partial charge in [-0.3, -0.25) is 14.5 Å². The van der Waals surface area contributed by atoms with Crippen molar-refractivity contribution in [3.8, 4) is 0 Å². The largest absolute Gasteiger partial charge is 0.345 e. The summed E-state index contributed by atoms with van der Waals surface area (Å²) < 4.78 is 0. The minimum atomic E-state index is -0.245. The molecular formula is C10H7Cl3N2O2. The number of rotatable bonds is 1. The first-order valence-corrected chi connectivity index (χ1v) is 5.84. The van der Waals surface area contributed by atoms with Gasteiger partial charge in [0.05, 0.1) is 27.3 Å². The molecule has 1 aromatic carbocycles. The van der Waals surface area contributed by atoms with Gasteiger partial charge in [-0.15, -0.1) is 0 Å². The molecule has 1 heterocycles. The number of benzene rings is 1. The van der Waals surface area contributed by atoms with E-state index < -0.39 is 0 Å². The van der Waals surface area contributed by atoms with Gasteiger partial charge in [-0.25, -0.2) is 0 Å². The van der Waals surface area contributed by atoms with E-state index in [4.69, 9.17) is 34.8 Å². The second-order valence-corrected chi connectivity index (χ2v) is 4.70. The fraction of sp³-hybridized carbons (Fsp3) is 0.200. The monoisotopic (exact) mass is 292 g/mol. The minimum Gasteiger partial charge on any atom is -0.345 e. The van der Waals surface area contributed by atoms with Crippen molar-refractivity contribution in [1.29, 1.82) is 0 Å². The van der Waals surface area contributed by atoms with Crippen LogP contribution >= 0.6 is 34.8 Å². The Kier molecular flexibility index (Phi) is 3.47. The maximum absolute atomic E-state index is 11.7. The first kappa shape index (κ1) is 12.5. The Morgan fingerprint density at radius 2 is 1.71 bits per heavy atom. The topological polar surface area (TPSA) is 49.4 Å². The Labute approximate surface area is 112 Å². The maximum Gasteiger partial charge on any atom is 0.246 e. The van der Waals surface area contributed by atoms with Crippen molar-refractivity contribution in [2.24, 2.45) is 0 Å². The summed E-state index contributed by atoms with van der Waals surface area (Å²) >= 11 is 17.6. The lowest BCUT2D eigenvalue weighted by atomic mass is 10.2. The summed E-state index contributed by atoms with van der Waals surface area (Å²) in [5, 5.41) is 3.31. The van der Waals surface area contributed by atoms with Crippen LogP contribution in [0.2, 0.25) is 15.1 Å². The van der Waals surface area contributed by atoms with Crippen molar-refractivity contribution in [3.05, 3.63) is 27.2 Å². The molecule has 0 atom stereocenters. The van der Waals surface area contributed by atoms with E-state index in [9.17, 15) is 9.59 Å². The predicted octanol–water partition coefficient (Wildman–Crippen LogP) is 2.11. The summed E-state index contributed by atoms with van der Waals surface area (Å²) in [4.78, 5) is 24.2. The van der Waals surface area contributed by atoms with E-state index in [1.54, 1.807) is 0 Å². The lowest BCUT2D eigenvalue weighted by Crippen LogP contribution is -2.51. The molecule has 1 aliphatic rings. The van der Waals surface area contributed by atoms with Gasteiger partial charge in [-0.1, -0.05) is 34.8 Å². The average molecular weight is 294 g/mol. The molecule has 0 aliphatic carbocycles. The number of piperazine rings is 1. The van der Waals surface area contributed by atoms with Gasteiger partial charge in [0.2, 0.25) is 11.8 Å². The summed E-state index contributed by atoms with van der Waals surface area (Å²) in [5.74, 6) is -0.489. The molecule has 2 amide bonds. The number of nitrogens with zero attached hydrogens (tertiary/aromatic N) is 1. The summed E-state index contributed by atoms with van der Waals surface area (Å²) in [6.07, 6.45) is 0. The molecule has 90 valence electrons. The molecule has 1 aromatic rings. The number of anilines is 1. The zero-order chi connectivity index (χ0) is 12.6. The minimum absolute atomic E-state index is 0.0462. The lowest BCUT2D eigenvalue weighted by molar-refractivity contribution is -0.128. The van der Waals surface area contributed by atoms with Crippen LogP contribution in [0.15, 0.2) is 12.1 Å². The van der Waals surface area contributed by atoms with Gasteiger partial charge in [-0.05, 0) is 12.1 Å². The van der Waals surface area contributed by atoms with Crippen LogP contribution in [0.25, 0.3) is 0 Å². The van der Waals surface area contributed by atoms with E-state index in [-0.39, 0.29) is 34.9 Å². The molecule has 0 bridgehead atoms. The SMILES string of the molecule is O=C1CN(c2cc(Cl)c(Cl)cc2Cl)C(=O)CN1. The molecule has 1 fully saturated rings. The highest BCUT2D eigenvalue weighted by Crippen LogP contribution is 2.34. The van der Waals surface area contributed by atoms with Gasteiger partial charge >= 0.3 is 0 Å². The highest BCUT2D eigenvalue weighted by molar-refractivity contribution is 6.44. The zero-order valence-electron chi connectivity index (χ0n) is 8.47. The van der Waals surface area contributed by atoms with Crippen molar-refractivity contribution in [2.45, 2.75) is 0 Å². The molecule has 4 nitrogen and oxygen atoms in total. The van der Waals surface area contributed by atoms with Gasteiger partial charge in [0, 0.05) is 0 Å². The molecule has 0 unspecified atom stereocenters. The second kappa shape index (κ2) is 4.72. The number of halogens is 3. The van der Waals surface area contributed by atoms with E-state index in [0.717, 1.165) is 0 Å². The van der Waals surface area contributed by atoms with Crippen molar-refractivity contribution < 1.29 is 9.59 Å². The van der Waals surface area contributed by atoms with Gasteiger partial charge in [0.25, 0.3) is 0 Å².